The Bertz CT molecular complexity index is 310. The van der Waals surface area contributed by atoms with E-state index in [9.17, 15) is 5.11 Å². The maximum Gasteiger partial charge on any atom is 0.0943 e. The summed E-state index contributed by atoms with van der Waals surface area (Å²) in [4.78, 5) is 0. The first kappa shape index (κ1) is 10.7. The smallest absolute Gasteiger partial charge is 0.0943 e. The zero-order chi connectivity index (χ0) is 10.7. The van der Waals surface area contributed by atoms with Gasteiger partial charge in [0.25, 0.3) is 0 Å². The highest BCUT2D eigenvalue weighted by molar-refractivity contribution is 5.22. The lowest BCUT2D eigenvalue weighted by Crippen LogP contribution is -2.38. The van der Waals surface area contributed by atoms with Crippen LogP contribution < -0.4 is 0 Å². The lowest BCUT2D eigenvalue weighted by Gasteiger charge is -2.37. The Morgan fingerprint density at radius 3 is 2.80 bits per heavy atom. The summed E-state index contributed by atoms with van der Waals surface area (Å²) in [6, 6.07) is 9.92. The van der Waals surface area contributed by atoms with Crippen LogP contribution in [0.3, 0.4) is 0 Å². The van der Waals surface area contributed by atoms with Crippen LogP contribution in [0.15, 0.2) is 30.3 Å². The lowest BCUT2D eigenvalue weighted by atomic mass is 9.83. The first-order valence-corrected chi connectivity index (χ1v) is 5.64. The molecule has 0 aliphatic carbocycles. The summed E-state index contributed by atoms with van der Waals surface area (Å²) in [6.45, 7) is 2.76. The summed E-state index contributed by atoms with van der Waals surface area (Å²) in [7, 11) is 0. The molecule has 0 amide bonds. The van der Waals surface area contributed by atoms with Gasteiger partial charge in [-0.05, 0) is 12.0 Å². The molecule has 1 saturated heterocycles. The van der Waals surface area contributed by atoms with Gasteiger partial charge in [0.1, 0.15) is 0 Å². The fourth-order valence-electron chi connectivity index (χ4n) is 2.20. The van der Waals surface area contributed by atoms with E-state index in [0.717, 1.165) is 12.0 Å². The second-order valence-electron chi connectivity index (χ2n) is 4.25. The van der Waals surface area contributed by atoms with Crippen molar-refractivity contribution in [1.29, 1.82) is 0 Å². The quantitative estimate of drug-likeness (QED) is 0.805. The van der Waals surface area contributed by atoms with E-state index in [1.165, 1.54) is 0 Å². The number of hydrogen-bond donors (Lipinski definition) is 1. The Morgan fingerprint density at radius 1 is 1.40 bits per heavy atom. The van der Waals surface area contributed by atoms with E-state index < -0.39 is 5.60 Å². The predicted molar refractivity (Wildman–Crippen MR) is 59.6 cm³/mol. The van der Waals surface area contributed by atoms with Gasteiger partial charge in [0.15, 0.2) is 0 Å². The minimum Gasteiger partial charge on any atom is -0.385 e. The fraction of sp³-hybridized carbons (Fsp3) is 0.538. The number of benzene rings is 1. The summed E-state index contributed by atoms with van der Waals surface area (Å²) in [6.07, 6.45) is 2.58. The molecule has 1 aliphatic heterocycles. The molecule has 0 saturated carbocycles. The van der Waals surface area contributed by atoms with Crippen LogP contribution in [0.2, 0.25) is 0 Å². The van der Waals surface area contributed by atoms with Gasteiger partial charge in [-0.1, -0.05) is 37.3 Å². The van der Waals surface area contributed by atoms with Gasteiger partial charge in [-0.3, -0.25) is 0 Å². The van der Waals surface area contributed by atoms with E-state index in [-0.39, 0.29) is 6.10 Å². The molecule has 1 N–H and O–H groups in total. The van der Waals surface area contributed by atoms with E-state index in [4.69, 9.17) is 4.74 Å². The molecule has 1 aromatic carbocycles. The average molecular weight is 206 g/mol. The second kappa shape index (κ2) is 4.33. The Labute approximate surface area is 90.9 Å². The minimum atomic E-state index is -0.680. The van der Waals surface area contributed by atoms with Crippen molar-refractivity contribution >= 4 is 0 Å². The summed E-state index contributed by atoms with van der Waals surface area (Å²) in [5.74, 6) is 0. The standard InChI is InChI=1S/C13H18O2/c1-2-12-10-13(14,8-9-15-12)11-6-4-3-5-7-11/h3-7,12,14H,2,8-10H2,1H3. The van der Waals surface area contributed by atoms with Gasteiger partial charge in [0.2, 0.25) is 0 Å². The molecule has 2 heteroatoms. The molecule has 2 rings (SSSR count). The van der Waals surface area contributed by atoms with Crippen molar-refractivity contribution in [3.63, 3.8) is 0 Å². The SMILES string of the molecule is CCC1CC(O)(c2ccccc2)CCO1. The summed E-state index contributed by atoms with van der Waals surface area (Å²) < 4.78 is 5.58. The van der Waals surface area contributed by atoms with Crippen LogP contribution in [-0.4, -0.2) is 17.8 Å². The Morgan fingerprint density at radius 2 is 2.13 bits per heavy atom. The lowest BCUT2D eigenvalue weighted by molar-refractivity contribution is -0.108. The summed E-state index contributed by atoms with van der Waals surface area (Å²) in [5, 5.41) is 10.6. The molecule has 1 fully saturated rings. The van der Waals surface area contributed by atoms with Gasteiger partial charge in [-0.2, -0.15) is 0 Å². The molecule has 2 nitrogen and oxygen atoms in total. The van der Waals surface area contributed by atoms with Crippen molar-refractivity contribution in [3.8, 4) is 0 Å². The molecule has 1 aromatic rings. The molecule has 1 aliphatic rings. The van der Waals surface area contributed by atoms with Crippen LogP contribution in [0, 0.1) is 0 Å². The number of hydrogen-bond acceptors (Lipinski definition) is 2. The van der Waals surface area contributed by atoms with Crippen molar-refractivity contribution in [1.82, 2.24) is 0 Å². The molecular weight excluding hydrogens is 188 g/mol. The van der Waals surface area contributed by atoms with Crippen molar-refractivity contribution in [2.75, 3.05) is 6.61 Å². The van der Waals surface area contributed by atoms with E-state index in [0.29, 0.717) is 19.4 Å². The maximum atomic E-state index is 10.6. The minimum absolute atomic E-state index is 0.198. The number of aliphatic hydroxyl groups is 1. The van der Waals surface area contributed by atoms with E-state index in [1.807, 2.05) is 30.3 Å². The third-order valence-electron chi connectivity index (χ3n) is 3.20. The molecule has 0 spiro atoms. The highest BCUT2D eigenvalue weighted by atomic mass is 16.5. The summed E-state index contributed by atoms with van der Waals surface area (Å²) >= 11 is 0. The van der Waals surface area contributed by atoms with Crippen LogP contribution in [0.25, 0.3) is 0 Å². The highest BCUT2D eigenvalue weighted by Gasteiger charge is 2.35. The van der Waals surface area contributed by atoms with Crippen molar-refractivity contribution in [2.45, 2.75) is 37.9 Å². The van der Waals surface area contributed by atoms with E-state index in [2.05, 4.69) is 6.92 Å². The van der Waals surface area contributed by atoms with Gasteiger partial charge >= 0.3 is 0 Å². The molecular formula is C13H18O2. The third-order valence-corrected chi connectivity index (χ3v) is 3.20. The molecule has 1 heterocycles. The van der Waals surface area contributed by atoms with Crippen molar-refractivity contribution in [2.24, 2.45) is 0 Å². The van der Waals surface area contributed by atoms with E-state index in [1.54, 1.807) is 0 Å². The van der Waals surface area contributed by atoms with Gasteiger partial charge in [-0.25, -0.2) is 0 Å². The first-order valence-electron chi connectivity index (χ1n) is 5.64. The van der Waals surface area contributed by atoms with E-state index >= 15 is 0 Å². The number of rotatable bonds is 2. The zero-order valence-corrected chi connectivity index (χ0v) is 9.15. The molecule has 2 unspecified atom stereocenters. The molecule has 15 heavy (non-hydrogen) atoms. The predicted octanol–water partition coefficient (Wildman–Crippen LogP) is 2.46. The van der Waals surface area contributed by atoms with Crippen molar-refractivity contribution in [3.05, 3.63) is 35.9 Å². The summed E-state index contributed by atoms with van der Waals surface area (Å²) in [5.41, 5.74) is 0.340. The molecule has 0 bridgehead atoms. The van der Waals surface area contributed by atoms with Gasteiger partial charge in [0.05, 0.1) is 18.3 Å². The maximum absolute atomic E-state index is 10.6. The Balaban J connectivity index is 2.19. The van der Waals surface area contributed by atoms with Crippen molar-refractivity contribution < 1.29 is 9.84 Å². The largest absolute Gasteiger partial charge is 0.385 e. The normalized spacial score (nSPS) is 31.5. The van der Waals surface area contributed by atoms with Crippen LogP contribution in [0.5, 0.6) is 0 Å². The zero-order valence-electron chi connectivity index (χ0n) is 9.15. The van der Waals surface area contributed by atoms with Gasteiger partial charge < -0.3 is 9.84 Å². The molecule has 0 radical (unpaired) electrons. The molecule has 0 aromatic heterocycles. The van der Waals surface area contributed by atoms with Gasteiger partial charge in [0, 0.05) is 12.8 Å². The first-order chi connectivity index (χ1) is 7.24. The topological polar surface area (TPSA) is 29.5 Å². The number of ether oxygens (including phenoxy) is 1. The molecule has 82 valence electrons. The van der Waals surface area contributed by atoms with Crippen LogP contribution >= 0.6 is 0 Å². The Hall–Kier alpha value is -0.860. The monoisotopic (exact) mass is 206 g/mol. The van der Waals surface area contributed by atoms with Crippen LogP contribution in [-0.2, 0) is 10.3 Å². The molecule has 2 atom stereocenters. The Kier molecular flexibility index (Phi) is 3.08. The second-order valence-corrected chi connectivity index (χ2v) is 4.25. The van der Waals surface area contributed by atoms with Gasteiger partial charge in [-0.15, -0.1) is 0 Å². The third kappa shape index (κ3) is 2.21. The fourth-order valence-corrected chi connectivity index (χ4v) is 2.20. The van der Waals surface area contributed by atoms with Crippen LogP contribution in [0.1, 0.15) is 31.7 Å². The average Bonchev–Trinajstić information content (AvgIpc) is 2.30. The van der Waals surface area contributed by atoms with Crippen LogP contribution in [0.4, 0.5) is 0 Å². The highest BCUT2D eigenvalue weighted by Crippen LogP contribution is 2.35.